The first-order chi connectivity index (χ1) is 8.97. The number of carbonyl (C=O) groups is 1. The Hall–Kier alpha value is -0.630. The minimum absolute atomic E-state index is 0.0106. The van der Waals surface area contributed by atoms with E-state index in [0.717, 1.165) is 37.4 Å². The lowest BCUT2D eigenvalue weighted by atomic mass is 10.1. The maximum atomic E-state index is 11.8. The van der Waals surface area contributed by atoms with Crippen molar-refractivity contribution >= 4 is 37.0 Å². The first kappa shape index (κ1) is 14.8. The Bertz CT molecular complexity index is 549. The summed E-state index contributed by atoms with van der Waals surface area (Å²) in [6.07, 6.45) is 1.90. The predicted molar refractivity (Wildman–Crippen MR) is 73.2 cm³/mol. The lowest BCUT2D eigenvalue weighted by molar-refractivity contribution is 0.0951. The number of nitrogens with one attached hydrogen (secondary N) is 1. The Morgan fingerprint density at radius 2 is 2.37 bits per heavy atom. The minimum atomic E-state index is -3.75. The van der Waals surface area contributed by atoms with E-state index < -0.39 is 9.05 Å². The Balaban J connectivity index is 1.84. The maximum absolute atomic E-state index is 11.8. The Morgan fingerprint density at radius 3 is 2.95 bits per heavy atom. The fourth-order valence-electron chi connectivity index (χ4n) is 1.87. The zero-order valence-electron chi connectivity index (χ0n) is 10.1. The second-order valence-corrected chi connectivity index (χ2v) is 8.07. The summed E-state index contributed by atoms with van der Waals surface area (Å²) < 4.78 is 27.4. The molecule has 2 rings (SSSR count). The van der Waals surface area contributed by atoms with Gasteiger partial charge in [0.1, 0.15) is 4.21 Å². The van der Waals surface area contributed by atoms with E-state index in [1.54, 1.807) is 0 Å². The molecule has 5 nitrogen and oxygen atoms in total. The van der Waals surface area contributed by atoms with Crippen LogP contribution >= 0.6 is 22.0 Å². The van der Waals surface area contributed by atoms with Crippen LogP contribution in [-0.2, 0) is 13.8 Å². The average molecular weight is 324 g/mol. The summed E-state index contributed by atoms with van der Waals surface area (Å²) in [6.45, 7) is 2.11. The molecule has 1 fully saturated rings. The van der Waals surface area contributed by atoms with Crippen LogP contribution < -0.4 is 5.32 Å². The first-order valence-corrected chi connectivity index (χ1v) is 9.05. The van der Waals surface area contributed by atoms with Crippen molar-refractivity contribution in [1.29, 1.82) is 0 Å². The highest BCUT2D eigenvalue weighted by atomic mass is 35.7. The molecule has 19 heavy (non-hydrogen) atoms. The molecule has 1 atom stereocenters. The molecular formula is C11H14ClNO4S2. The largest absolute Gasteiger partial charge is 0.381 e. The van der Waals surface area contributed by atoms with Gasteiger partial charge in [-0.1, -0.05) is 0 Å². The molecule has 106 valence electrons. The third-order valence-electron chi connectivity index (χ3n) is 2.94. The van der Waals surface area contributed by atoms with Crippen molar-refractivity contribution < 1.29 is 17.9 Å². The molecule has 1 aliphatic heterocycles. The van der Waals surface area contributed by atoms with Gasteiger partial charge in [0.25, 0.3) is 15.0 Å². The van der Waals surface area contributed by atoms with Gasteiger partial charge in [0.2, 0.25) is 0 Å². The van der Waals surface area contributed by atoms with Crippen LogP contribution in [0.1, 0.15) is 23.2 Å². The van der Waals surface area contributed by atoms with Crippen molar-refractivity contribution in [1.82, 2.24) is 5.32 Å². The van der Waals surface area contributed by atoms with Crippen LogP contribution in [0.5, 0.6) is 0 Å². The Labute approximate surface area is 120 Å². The summed E-state index contributed by atoms with van der Waals surface area (Å²) in [4.78, 5) is 11.8. The zero-order valence-corrected chi connectivity index (χ0v) is 12.5. The van der Waals surface area contributed by atoms with E-state index in [-0.39, 0.29) is 10.1 Å². The van der Waals surface area contributed by atoms with Gasteiger partial charge in [0, 0.05) is 35.8 Å². The standard InChI is InChI=1S/C11H14ClNO4S2/c12-19(15,16)10-5-9(7-18-10)11(14)13-3-1-8-2-4-17-6-8/h5,7-8H,1-4,6H2,(H,13,14). The van der Waals surface area contributed by atoms with E-state index in [2.05, 4.69) is 5.32 Å². The molecule has 1 aliphatic rings. The monoisotopic (exact) mass is 323 g/mol. The lowest BCUT2D eigenvalue weighted by Gasteiger charge is -2.07. The molecule has 1 unspecified atom stereocenters. The quantitative estimate of drug-likeness (QED) is 0.839. The van der Waals surface area contributed by atoms with Crippen molar-refractivity contribution in [3.05, 3.63) is 17.0 Å². The van der Waals surface area contributed by atoms with Gasteiger partial charge in [0.05, 0.1) is 5.56 Å². The molecule has 1 aromatic heterocycles. The van der Waals surface area contributed by atoms with Crippen molar-refractivity contribution in [2.75, 3.05) is 19.8 Å². The van der Waals surface area contributed by atoms with Gasteiger partial charge in [-0.3, -0.25) is 4.79 Å². The van der Waals surface area contributed by atoms with Crippen LogP contribution in [0.3, 0.4) is 0 Å². The fraction of sp³-hybridized carbons (Fsp3) is 0.545. The maximum Gasteiger partial charge on any atom is 0.270 e. The number of ether oxygens (including phenoxy) is 1. The predicted octanol–water partition coefficient (Wildman–Crippen LogP) is 1.83. The average Bonchev–Trinajstić information content (AvgIpc) is 2.99. The van der Waals surface area contributed by atoms with Gasteiger partial charge in [-0.2, -0.15) is 0 Å². The van der Waals surface area contributed by atoms with Crippen LogP contribution in [0.2, 0.25) is 0 Å². The number of amides is 1. The van der Waals surface area contributed by atoms with E-state index in [1.807, 2.05) is 0 Å². The van der Waals surface area contributed by atoms with Gasteiger partial charge >= 0.3 is 0 Å². The van der Waals surface area contributed by atoms with E-state index in [0.29, 0.717) is 18.0 Å². The van der Waals surface area contributed by atoms with E-state index in [9.17, 15) is 13.2 Å². The number of carbonyl (C=O) groups excluding carboxylic acids is 1. The summed E-state index contributed by atoms with van der Waals surface area (Å²) >= 11 is 0.943. The number of rotatable bonds is 5. The van der Waals surface area contributed by atoms with Crippen LogP contribution in [0, 0.1) is 5.92 Å². The van der Waals surface area contributed by atoms with Gasteiger partial charge in [-0.05, 0) is 24.8 Å². The van der Waals surface area contributed by atoms with Crippen molar-refractivity contribution in [2.45, 2.75) is 17.1 Å². The molecule has 1 N–H and O–H groups in total. The van der Waals surface area contributed by atoms with Gasteiger partial charge in [-0.25, -0.2) is 8.42 Å². The van der Waals surface area contributed by atoms with Gasteiger partial charge in [0.15, 0.2) is 0 Å². The summed E-state index contributed by atoms with van der Waals surface area (Å²) in [6, 6.07) is 1.29. The molecule has 1 aromatic rings. The van der Waals surface area contributed by atoms with Crippen molar-refractivity contribution in [3.63, 3.8) is 0 Å². The number of thiophene rings is 1. The molecule has 0 spiro atoms. The molecule has 0 saturated carbocycles. The SMILES string of the molecule is O=C(NCCC1CCOC1)c1csc(S(=O)(=O)Cl)c1. The van der Waals surface area contributed by atoms with Crippen LogP contribution in [0.4, 0.5) is 0 Å². The molecular weight excluding hydrogens is 310 g/mol. The molecule has 0 bridgehead atoms. The van der Waals surface area contributed by atoms with Crippen molar-refractivity contribution in [3.8, 4) is 0 Å². The molecule has 1 saturated heterocycles. The van der Waals surface area contributed by atoms with Crippen LogP contribution in [-0.4, -0.2) is 34.1 Å². The van der Waals surface area contributed by atoms with E-state index in [1.165, 1.54) is 11.4 Å². The van der Waals surface area contributed by atoms with Gasteiger partial charge < -0.3 is 10.1 Å². The summed E-state index contributed by atoms with van der Waals surface area (Å²) in [5.74, 6) is 0.225. The zero-order chi connectivity index (χ0) is 13.9. The van der Waals surface area contributed by atoms with Crippen LogP contribution in [0.15, 0.2) is 15.7 Å². The molecule has 0 radical (unpaired) electrons. The third-order valence-corrected chi connectivity index (χ3v) is 5.98. The number of hydrogen-bond acceptors (Lipinski definition) is 5. The first-order valence-electron chi connectivity index (χ1n) is 5.86. The molecule has 2 heterocycles. The van der Waals surface area contributed by atoms with Gasteiger partial charge in [-0.15, -0.1) is 11.3 Å². The van der Waals surface area contributed by atoms with E-state index in [4.69, 9.17) is 15.4 Å². The summed E-state index contributed by atoms with van der Waals surface area (Å²) in [5.41, 5.74) is 0.326. The minimum Gasteiger partial charge on any atom is -0.381 e. The molecule has 8 heteroatoms. The number of halogens is 1. The third kappa shape index (κ3) is 4.17. The highest BCUT2D eigenvalue weighted by Gasteiger charge is 2.18. The summed E-state index contributed by atoms with van der Waals surface area (Å²) in [7, 11) is 1.45. The second kappa shape index (κ2) is 6.21. The van der Waals surface area contributed by atoms with E-state index >= 15 is 0 Å². The molecule has 0 aromatic carbocycles. The smallest absolute Gasteiger partial charge is 0.270 e. The number of hydrogen-bond donors (Lipinski definition) is 1. The second-order valence-electron chi connectivity index (χ2n) is 4.37. The fourth-order valence-corrected chi connectivity index (χ4v) is 3.81. The molecule has 0 aliphatic carbocycles. The van der Waals surface area contributed by atoms with Crippen molar-refractivity contribution in [2.24, 2.45) is 5.92 Å². The topological polar surface area (TPSA) is 72.5 Å². The highest BCUT2D eigenvalue weighted by molar-refractivity contribution is 8.15. The highest BCUT2D eigenvalue weighted by Crippen LogP contribution is 2.23. The Kier molecular flexibility index (Phi) is 4.83. The van der Waals surface area contributed by atoms with Crippen LogP contribution in [0.25, 0.3) is 0 Å². The normalized spacial score (nSPS) is 19.5. The lowest BCUT2D eigenvalue weighted by Crippen LogP contribution is -2.25. The Morgan fingerprint density at radius 1 is 1.58 bits per heavy atom. The molecule has 1 amide bonds. The summed E-state index contributed by atoms with van der Waals surface area (Å²) in [5, 5.41) is 4.25.